The number of hydrogen-bond donors (Lipinski definition) is 1. The van der Waals surface area contributed by atoms with Crippen LogP contribution in [0.15, 0.2) is 24.3 Å². The van der Waals surface area contributed by atoms with E-state index in [0.717, 1.165) is 25.8 Å². The fourth-order valence-corrected chi connectivity index (χ4v) is 3.06. The summed E-state index contributed by atoms with van der Waals surface area (Å²) >= 11 is 0. The molecule has 0 radical (unpaired) electrons. The molecule has 2 N–H and O–H groups in total. The van der Waals surface area contributed by atoms with E-state index in [0.29, 0.717) is 18.0 Å². The van der Waals surface area contributed by atoms with Crippen LogP contribution in [0.3, 0.4) is 0 Å². The SMILES string of the molecule is CC(C)Cc1ccc(C(=O)CCC(=O)N2CCCC(N)C2)cc1.Cl. The summed E-state index contributed by atoms with van der Waals surface area (Å²) < 4.78 is 0. The lowest BCUT2D eigenvalue weighted by Crippen LogP contribution is -2.45. The Hall–Kier alpha value is -1.39. The number of piperidine rings is 1. The second kappa shape index (κ2) is 9.80. The van der Waals surface area contributed by atoms with Crippen LogP contribution in [0.1, 0.15) is 55.5 Å². The summed E-state index contributed by atoms with van der Waals surface area (Å²) in [6.45, 7) is 5.75. The van der Waals surface area contributed by atoms with Crippen LogP contribution >= 0.6 is 12.4 Å². The average molecular weight is 353 g/mol. The number of halogens is 1. The first-order chi connectivity index (χ1) is 11.0. The zero-order valence-electron chi connectivity index (χ0n) is 14.7. The Morgan fingerprint density at radius 3 is 2.46 bits per heavy atom. The fourth-order valence-electron chi connectivity index (χ4n) is 3.06. The van der Waals surface area contributed by atoms with E-state index in [1.54, 1.807) is 4.90 Å². The van der Waals surface area contributed by atoms with Crippen LogP contribution < -0.4 is 5.73 Å². The molecule has 5 heteroatoms. The van der Waals surface area contributed by atoms with E-state index in [-0.39, 0.29) is 43.0 Å². The van der Waals surface area contributed by atoms with Gasteiger partial charge in [0.25, 0.3) is 0 Å². The largest absolute Gasteiger partial charge is 0.341 e. The van der Waals surface area contributed by atoms with Gasteiger partial charge in [-0.15, -0.1) is 12.4 Å². The number of carbonyl (C=O) groups is 2. The molecule has 1 aliphatic heterocycles. The van der Waals surface area contributed by atoms with E-state index < -0.39 is 0 Å². The minimum Gasteiger partial charge on any atom is -0.341 e. The number of nitrogens with zero attached hydrogens (tertiary/aromatic N) is 1. The number of ketones is 1. The first-order valence-corrected chi connectivity index (χ1v) is 8.61. The lowest BCUT2D eigenvalue weighted by atomic mass is 9.99. The lowest BCUT2D eigenvalue weighted by molar-refractivity contribution is -0.132. The van der Waals surface area contributed by atoms with Crippen molar-refractivity contribution in [3.63, 3.8) is 0 Å². The quantitative estimate of drug-likeness (QED) is 0.799. The molecular formula is C19H29ClN2O2. The number of rotatable bonds is 6. The highest BCUT2D eigenvalue weighted by atomic mass is 35.5. The molecule has 1 aromatic carbocycles. The van der Waals surface area contributed by atoms with E-state index in [2.05, 4.69) is 13.8 Å². The molecule has 0 aliphatic carbocycles. The number of likely N-dealkylation sites (tertiary alicyclic amines) is 1. The van der Waals surface area contributed by atoms with E-state index in [1.165, 1.54) is 5.56 Å². The van der Waals surface area contributed by atoms with Crippen molar-refractivity contribution in [3.8, 4) is 0 Å². The third-order valence-corrected chi connectivity index (χ3v) is 4.30. The molecule has 1 amide bonds. The molecular weight excluding hydrogens is 324 g/mol. The van der Waals surface area contributed by atoms with Gasteiger partial charge in [0.2, 0.25) is 5.91 Å². The van der Waals surface area contributed by atoms with Gasteiger partial charge in [0.05, 0.1) is 0 Å². The Balaban J connectivity index is 0.00000288. The van der Waals surface area contributed by atoms with E-state index in [4.69, 9.17) is 5.73 Å². The highest BCUT2D eigenvalue weighted by Crippen LogP contribution is 2.14. The maximum absolute atomic E-state index is 12.2. The molecule has 4 nitrogen and oxygen atoms in total. The van der Waals surface area contributed by atoms with Gasteiger partial charge in [-0.05, 0) is 30.7 Å². The van der Waals surface area contributed by atoms with Crippen molar-refractivity contribution in [3.05, 3.63) is 35.4 Å². The van der Waals surface area contributed by atoms with Gasteiger partial charge in [0.15, 0.2) is 5.78 Å². The molecule has 0 saturated carbocycles. The summed E-state index contributed by atoms with van der Waals surface area (Å²) in [6, 6.07) is 7.86. The summed E-state index contributed by atoms with van der Waals surface area (Å²) in [5, 5.41) is 0. The van der Waals surface area contributed by atoms with Crippen LogP contribution in [-0.2, 0) is 11.2 Å². The highest BCUT2D eigenvalue weighted by Gasteiger charge is 2.21. The maximum atomic E-state index is 12.2. The van der Waals surface area contributed by atoms with Crippen molar-refractivity contribution >= 4 is 24.1 Å². The van der Waals surface area contributed by atoms with E-state index in [1.807, 2.05) is 24.3 Å². The normalized spacial score (nSPS) is 17.5. The zero-order chi connectivity index (χ0) is 16.8. The number of hydrogen-bond acceptors (Lipinski definition) is 3. The van der Waals surface area contributed by atoms with Gasteiger partial charge in [-0.2, -0.15) is 0 Å². The summed E-state index contributed by atoms with van der Waals surface area (Å²) in [5.74, 6) is 0.686. The topological polar surface area (TPSA) is 63.4 Å². The monoisotopic (exact) mass is 352 g/mol. The molecule has 1 aromatic rings. The van der Waals surface area contributed by atoms with Crippen molar-refractivity contribution in [2.75, 3.05) is 13.1 Å². The molecule has 1 saturated heterocycles. The number of nitrogens with two attached hydrogens (primary N) is 1. The van der Waals surface area contributed by atoms with Gasteiger partial charge in [-0.3, -0.25) is 9.59 Å². The first-order valence-electron chi connectivity index (χ1n) is 8.61. The molecule has 1 heterocycles. The smallest absolute Gasteiger partial charge is 0.223 e. The number of carbonyl (C=O) groups excluding carboxylic acids is 2. The van der Waals surface area contributed by atoms with Crippen molar-refractivity contribution in [2.24, 2.45) is 11.7 Å². The third kappa shape index (κ3) is 6.25. The van der Waals surface area contributed by atoms with Crippen molar-refractivity contribution in [1.29, 1.82) is 0 Å². The molecule has 1 fully saturated rings. The van der Waals surface area contributed by atoms with Crippen LogP contribution in [0.4, 0.5) is 0 Å². The van der Waals surface area contributed by atoms with Gasteiger partial charge >= 0.3 is 0 Å². The Bertz CT molecular complexity index is 543. The predicted molar refractivity (Wildman–Crippen MR) is 99.6 cm³/mol. The molecule has 0 aromatic heterocycles. The van der Waals surface area contributed by atoms with Crippen LogP contribution in [0, 0.1) is 5.92 Å². The summed E-state index contributed by atoms with van der Waals surface area (Å²) in [6.07, 6.45) is 3.50. The van der Waals surface area contributed by atoms with Crippen LogP contribution in [0.5, 0.6) is 0 Å². The van der Waals surface area contributed by atoms with Crippen molar-refractivity contribution in [1.82, 2.24) is 4.90 Å². The number of Topliss-reactive ketones (excluding diaryl/α,β-unsaturated/α-hetero) is 1. The second-order valence-electron chi connectivity index (χ2n) is 6.96. The molecule has 134 valence electrons. The Morgan fingerprint density at radius 1 is 1.21 bits per heavy atom. The van der Waals surface area contributed by atoms with Gasteiger partial charge in [0, 0.05) is 37.5 Å². The Kier molecular flexibility index (Phi) is 8.43. The van der Waals surface area contributed by atoms with Gasteiger partial charge < -0.3 is 10.6 Å². The van der Waals surface area contributed by atoms with E-state index >= 15 is 0 Å². The lowest BCUT2D eigenvalue weighted by Gasteiger charge is -2.30. The molecule has 2 rings (SSSR count). The minimum atomic E-state index is 0. The number of benzene rings is 1. The first kappa shape index (κ1) is 20.7. The Morgan fingerprint density at radius 2 is 1.88 bits per heavy atom. The summed E-state index contributed by atoms with van der Waals surface area (Å²) in [7, 11) is 0. The maximum Gasteiger partial charge on any atom is 0.223 e. The molecule has 0 spiro atoms. The summed E-state index contributed by atoms with van der Waals surface area (Å²) in [4.78, 5) is 26.2. The van der Waals surface area contributed by atoms with Crippen molar-refractivity contribution in [2.45, 2.75) is 52.0 Å². The fraction of sp³-hybridized carbons (Fsp3) is 0.579. The molecule has 1 aliphatic rings. The molecule has 0 bridgehead atoms. The predicted octanol–water partition coefficient (Wildman–Crippen LogP) is 3.22. The standard InChI is InChI=1S/C19H28N2O2.ClH/c1-14(2)12-15-5-7-16(8-6-15)18(22)9-10-19(23)21-11-3-4-17(20)13-21;/h5-8,14,17H,3-4,9-13,20H2,1-2H3;1H. The number of amides is 1. The van der Waals surface area contributed by atoms with Crippen molar-refractivity contribution < 1.29 is 9.59 Å². The van der Waals surface area contributed by atoms with Gasteiger partial charge in [-0.25, -0.2) is 0 Å². The minimum absolute atomic E-state index is 0. The van der Waals surface area contributed by atoms with Crippen LogP contribution in [-0.4, -0.2) is 35.7 Å². The highest BCUT2D eigenvalue weighted by molar-refractivity contribution is 5.98. The summed E-state index contributed by atoms with van der Waals surface area (Å²) in [5.41, 5.74) is 7.84. The van der Waals surface area contributed by atoms with Crippen LogP contribution in [0.25, 0.3) is 0 Å². The zero-order valence-corrected chi connectivity index (χ0v) is 15.5. The second-order valence-corrected chi connectivity index (χ2v) is 6.96. The van der Waals surface area contributed by atoms with Crippen LogP contribution in [0.2, 0.25) is 0 Å². The van der Waals surface area contributed by atoms with Gasteiger partial charge in [-0.1, -0.05) is 38.1 Å². The Labute approximate surface area is 151 Å². The average Bonchev–Trinajstić information content (AvgIpc) is 2.52. The molecule has 1 unspecified atom stereocenters. The third-order valence-electron chi connectivity index (χ3n) is 4.30. The molecule has 1 atom stereocenters. The van der Waals surface area contributed by atoms with E-state index in [9.17, 15) is 9.59 Å². The molecule has 24 heavy (non-hydrogen) atoms. The van der Waals surface area contributed by atoms with Gasteiger partial charge in [0.1, 0.15) is 0 Å².